The average Bonchev–Trinajstić information content (AvgIpc) is 3.54. The molecule has 10 nitrogen and oxygen atoms in total. The minimum absolute atomic E-state index is 0.370. The lowest BCUT2D eigenvalue weighted by Crippen LogP contribution is -2.47. The Morgan fingerprint density at radius 2 is 1.76 bits per heavy atom. The number of nitrogens with two attached hydrogens (primary N) is 1. The van der Waals surface area contributed by atoms with Crippen LogP contribution in [0.4, 0.5) is 18.0 Å². The maximum Gasteiger partial charge on any atom is 0.490 e. The summed E-state index contributed by atoms with van der Waals surface area (Å²) < 4.78 is 33.4. The molecule has 1 saturated heterocycles. The van der Waals surface area contributed by atoms with Crippen molar-refractivity contribution >= 4 is 17.6 Å². The van der Waals surface area contributed by atoms with E-state index in [0.717, 1.165) is 16.8 Å². The van der Waals surface area contributed by atoms with Gasteiger partial charge in [0.25, 0.3) is 0 Å². The first-order chi connectivity index (χ1) is 18.1. The van der Waals surface area contributed by atoms with Crippen LogP contribution in [0, 0.1) is 11.8 Å². The molecule has 1 atom stereocenters. The number of benzene rings is 1. The molecule has 1 fully saturated rings. The number of pyridine rings is 1. The molecule has 4 aromatic rings. The molecule has 4 heterocycles. The predicted octanol–water partition coefficient (Wildman–Crippen LogP) is 3.12. The molecule has 0 radical (unpaired) electrons. The number of amides is 2. The van der Waals surface area contributed by atoms with Crippen molar-refractivity contribution in [3.05, 3.63) is 95.7 Å². The van der Waals surface area contributed by atoms with Crippen LogP contribution >= 0.6 is 0 Å². The van der Waals surface area contributed by atoms with Gasteiger partial charge in [-0.1, -0.05) is 30.3 Å². The number of urea groups is 1. The number of carboxylic acids is 1. The summed E-state index contributed by atoms with van der Waals surface area (Å²) in [6.45, 7) is 0.370. The molecule has 5 rings (SSSR count). The highest BCUT2D eigenvalue weighted by atomic mass is 19.4. The Morgan fingerprint density at radius 3 is 2.45 bits per heavy atom. The van der Waals surface area contributed by atoms with E-state index in [1.807, 2.05) is 54.6 Å². The summed E-state index contributed by atoms with van der Waals surface area (Å²) >= 11 is 0. The number of rotatable bonds is 2. The van der Waals surface area contributed by atoms with E-state index >= 15 is 0 Å². The fourth-order valence-corrected chi connectivity index (χ4v) is 3.95. The quantitative estimate of drug-likeness (QED) is 0.385. The van der Waals surface area contributed by atoms with Gasteiger partial charge in [0.2, 0.25) is 0 Å². The number of hydrogen-bond acceptors (Lipinski definition) is 6. The number of alkyl halides is 3. The summed E-state index contributed by atoms with van der Waals surface area (Å²) in [5, 5.41) is 12.6. The van der Waals surface area contributed by atoms with Crippen molar-refractivity contribution in [1.29, 1.82) is 0 Å². The summed E-state index contributed by atoms with van der Waals surface area (Å²) in [5.74, 6) is 3.40. The maximum absolute atomic E-state index is 12.2. The number of nitrogens with zero attached hydrogens (tertiary/aromatic N) is 5. The van der Waals surface area contributed by atoms with E-state index in [4.69, 9.17) is 20.5 Å². The number of primary amides is 1. The molecule has 13 heteroatoms. The van der Waals surface area contributed by atoms with E-state index in [0.29, 0.717) is 24.4 Å². The van der Waals surface area contributed by atoms with Crippen LogP contribution in [-0.4, -0.2) is 54.5 Å². The van der Waals surface area contributed by atoms with Crippen LogP contribution in [0.1, 0.15) is 28.9 Å². The van der Waals surface area contributed by atoms with Gasteiger partial charge < -0.3 is 10.8 Å². The van der Waals surface area contributed by atoms with Crippen molar-refractivity contribution in [2.45, 2.75) is 18.1 Å². The van der Waals surface area contributed by atoms with Crippen molar-refractivity contribution in [2.24, 2.45) is 5.73 Å². The number of carbonyl (C=O) groups excluding carboxylic acids is 1. The number of aliphatic carboxylic acids is 1. The molecule has 0 spiro atoms. The normalized spacial score (nSPS) is 16.8. The first-order valence-electron chi connectivity index (χ1n) is 11.0. The molecule has 0 bridgehead atoms. The Bertz CT molecular complexity index is 1530. The van der Waals surface area contributed by atoms with E-state index in [2.05, 4.69) is 26.9 Å². The molecule has 194 valence electrons. The Balaban J connectivity index is 0.000000426. The number of carbonyl (C=O) groups is 2. The second-order valence-electron chi connectivity index (χ2n) is 7.86. The van der Waals surface area contributed by atoms with Gasteiger partial charge in [0.05, 0.1) is 12.8 Å². The third-order valence-electron chi connectivity index (χ3n) is 5.56. The molecule has 0 saturated carbocycles. The van der Waals surface area contributed by atoms with Gasteiger partial charge in [0, 0.05) is 18.8 Å². The molecule has 1 aliphatic heterocycles. The molecule has 3 N–H and O–H groups in total. The van der Waals surface area contributed by atoms with Crippen molar-refractivity contribution < 1.29 is 32.7 Å². The largest absolute Gasteiger partial charge is 0.490 e. The second-order valence-corrected chi connectivity index (χ2v) is 7.86. The molecule has 1 aliphatic rings. The lowest BCUT2D eigenvalue weighted by atomic mass is 9.80. The number of imidazole rings is 1. The van der Waals surface area contributed by atoms with E-state index in [1.54, 1.807) is 23.1 Å². The maximum atomic E-state index is 12.2. The van der Waals surface area contributed by atoms with E-state index in [1.165, 1.54) is 5.06 Å². The number of fused-ring (bicyclic) bond motifs is 1. The smallest absolute Gasteiger partial charge is 0.475 e. The first kappa shape index (κ1) is 26.1. The third kappa shape index (κ3) is 5.25. The highest BCUT2D eigenvalue weighted by Gasteiger charge is 2.48. The van der Waals surface area contributed by atoms with Gasteiger partial charge in [0.15, 0.2) is 5.65 Å². The molecule has 2 amide bonds. The molecule has 1 aromatic carbocycles. The van der Waals surface area contributed by atoms with Crippen LogP contribution in [-0.2, 0) is 15.2 Å². The zero-order valence-electron chi connectivity index (χ0n) is 19.5. The van der Waals surface area contributed by atoms with Crippen LogP contribution in [0.3, 0.4) is 0 Å². The lowest BCUT2D eigenvalue weighted by molar-refractivity contribution is -0.192. The predicted molar refractivity (Wildman–Crippen MR) is 126 cm³/mol. The SMILES string of the molecule is NC(=O)N1OCCC1(c1ccccc1)c1ccnc(C#Cc2cnc3cccnn23)c1.O=C(O)C(F)(F)F. The lowest BCUT2D eigenvalue weighted by Gasteiger charge is -2.36. The van der Waals surface area contributed by atoms with Crippen LogP contribution in [0.25, 0.3) is 5.65 Å². The monoisotopic (exact) mass is 524 g/mol. The molecule has 3 aromatic heterocycles. The van der Waals surface area contributed by atoms with E-state index < -0.39 is 23.7 Å². The Kier molecular flexibility index (Phi) is 7.26. The minimum atomic E-state index is -5.08. The topological polar surface area (TPSA) is 136 Å². The Hall–Kier alpha value is -4.96. The number of halogens is 3. The fraction of sp³-hybridized carbons (Fsp3) is 0.160. The molecule has 38 heavy (non-hydrogen) atoms. The number of hydrogen-bond donors (Lipinski definition) is 2. The van der Waals surface area contributed by atoms with Gasteiger partial charge in [-0.05, 0) is 47.2 Å². The summed E-state index contributed by atoms with van der Waals surface area (Å²) in [6, 6.07) is 16.4. The molecular formula is C25H19F3N6O4. The zero-order valence-corrected chi connectivity index (χ0v) is 19.5. The number of hydroxylamine groups is 2. The van der Waals surface area contributed by atoms with Gasteiger partial charge >= 0.3 is 18.2 Å². The van der Waals surface area contributed by atoms with Crippen molar-refractivity contribution in [3.63, 3.8) is 0 Å². The van der Waals surface area contributed by atoms with Gasteiger partial charge in [-0.2, -0.15) is 23.3 Å². The number of carboxylic acid groups (broad SMARTS) is 1. The van der Waals surface area contributed by atoms with Crippen LogP contribution < -0.4 is 5.73 Å². The van der Waals surface area contributed by atoms with Gasteiger partial charge in [0.1, 0.15) is 16.9 Å². The Morgan fingerprint density at radius 1 is 1.03 bits per heavy atom. The van der Waals surface area contributed by atoms with Crippen molar-refractivity contribution in [3.8, 4) is 11.8 Å². The number of aromatic nitrogens is 4. The molecule has 0 aliphatic carbocycles. The Labute approximate surface area is 213 Å². The molecular weight excluding hydrogens is 505 g/mol. The van der Waals surface area contributed by atoms with Crippen LogP contribution in [0.15, 0.2) is 73.2 Å². The summed E-state index contributed by atoms with van der Waals surface area (Å²) in [5.41, 5.74) is 8.47. The second kappa shape index (κ2) is 10.6. The van der Waals surface area contributed by atoms with E-state index in [9.17, 15) is 18.0 Å². The summed E-state index contributed by atoms with van der Waals surface area (Å²) in [4.78, 5) is 35.4. The summed E-state index contributed by atoms with van der Waals surface area (Å²) in [7, 11) is 0. The van der Waals surface area contributed by atoms with Gasteiger partial charge in [-0.3, -0.25) is 4.84 Å². The van der Waals surface area contributed by atoms with E-state index in [-0.39, 0.29) is 0 Å². The van der Waals surface area contributed by atoms with Gasteiger partial charge in [-0.25, -0.2) is 24.1 Å². The zero-order chi connectivity index (χ0) is 27.3. The minimum Gasteiger partial charge on any atom is -0.475 e. The van der Waals surface area contributed by atoms with Gasteiger partial charge in [-0.15, -0.1) is 0 Å². The fourth-order valence-electron chi connectivity index (χ4n) is 3.95. The van der Waals surface area contributed by atoms with Crippen molar-refractivity contribution in [2.75, 3.05) is 6.61 Å². The standard InChI is InChI=1S/C23H18N6O2.C2HF3O2/c24-22(30)29-23(11-14-31-29,17-5-2-1-3-6-17)18-10-13-25-19(15-18)8-9-20-16-26-21-7-4-12-27-28(20)21;3-2(4,5)1(6)7/h1-7,10,12-13,15-16H,11,14H2,(H2,24,30);(H,6,7). The van der Waals surface area contributed by atoms with Crippen LogP contribution in [0.2, 0.25) is 0 Å². The highest BCUT2D eigenvalue weighted by molar-refractivity contribution is 5.73. The molecule has 1 unspecified atom stereocenters. The van der Waals surface area contributed by atoms with Crippen LogP contribution in [0.5, 0.6) is 0 Å². The summed E-state index contributed by atoms with van der Waals surface area (Å²) in [6.07, 6.45) is 0.507. The average molecular weight is 524 g/mol. The van der Waals surface area contributed by atoms with Crippen molar-refractivity contribution in [1.82, 2.24) is 24.6 Å². The first-order valence-corrected chi connectivity index (χ1v) is 11.0. The highest BCUT2D eigenvalue weighted by Crippen LogP contribution is 2.43. The third-order valence-corrected chi connectivity index (χ3v) is 5.56.